The molecule has 0 unspecified atom stereocenters. The van der Waals surface area contributed by atoms with Crippen molar-refractivity contribution in [3.8, 4) is 17.2 Å². The predicted octanol–water partition coefficient (Wildman–Crippen LogP) is 3.98. The highest BCUT2D eigenvalue weighted by Gasteiger charge is 2.32. The number of hydrogen-bond acceptors (Lipinski definition) is 7. The van der Waals surface area contributed by atoms with Crippen molar-refractivity contribution in [1.29, 1.82) is 0 Å². The number of ether oxygens (including phenoxy) is 2. The Morgan fingerprint density at radius 3 is 2.63 bits per heavy atom. The van der Waals surface area contributed by atoms with Crippen LogP contribution in [0.15, 0.2) is 48.5 Å². The summed E-state index contributed by atoms with van der Waals surface area (Å²) >= 11 is 1.67. The van der Waals surface area contributed by atoms with Gasteiger partial charge in [0.15, 0.2) is 22.3 Å². The number of carbonyl (C=O) groups excluding carboxylic acids is 1. The fourth-order valence-corrected chi connectivity index (χ4v) is 5.64. The lowest BCUT2D eigenvalue weighted by molar-refractivity contribution is -0.141. The van der Waals surface area contributed by atoms with Crippen molar-refractivity contribution in [3.05, 3.63) is 59.8 Å². The van der Waals surface area contributed by atoms with Crippen LogP contribution in [0, 0.1) is 13.8 Å². The van der Waals surface area contributed by atoms with Crippen molar-refractivity contribution in [3.63, 3.8) is 0 Å². The zero-order chi connectivity index (χ0) is 23.9. The molecule has 0 N–H and O–H groups in total. The van der Waals surface area contributed by atoms with E-state index in [2.05, 4.69) is 36.1 Å². The molecular formula is C26H27N5O3S. The summed E-state index contributed by atoms with van der Waals surface area (Å²) in [6.07, 6.45) is 0.261. The summed E-state index contributed by atoms with van der Waals surface area (Å²) in [5.74, 6) is 1.30. The number of benzene rings is 2. The lowest BCUT2D eigenvalue weighted by Crippen LogP contribution is -2.47. The van der Waals surface area contributed by atoms with Gasteiger partial charge in [-0.05, 0) is 44.5 Å². The van der Waals surface area contributed by atoms with Gasteiger partial charge >= 0.3 is 0 Å². The smallest absolute Gasteiger partial charge is 0.267 e. The number of aromatic nitrogens is 3. The average Bonchev–Trinajstić information content (AvgIpc) is 3.34. The van der Waals surface area contributed by atoms with Crippen LogP contribution in [0.4, 0.5) is 5.13 Å². The van der Waals surface area contributed by atoms with E-state index >= 15 is 0 Å². The number of amides is 1. The minimum absolute atomic E-state index is 0.0171. The van der Waals surface area contributed by atoms with Crippen molar-refractivity contribution in [2.45, 2.75) is 26.4 Å². The number of nitrogens with zero attached hydrogens (tertiary/aromatic N) is 5. The molecule has 1 fully saturated rings. The fourth-order valence-electron chi connectivity index (χ4n) is 4.60. The Kier molecular flexibility index (Phi) is 5.56. The van der Waals surface area contributed by atoms with Crippen LogP contribution in [0.5, 0.6) is 11.5 Å². The molecule has 2 aliphatic heterocycles. The number of hydrogen-bond donors (Lipinski definition) is 0. The first-order chi connectivity index (χ1) is 17.1. The first-order valence-corrected chi connectivity index (χ1v) is 12.7. The second-order valence-corrected chi connectivity index (χ2v) is 9.99. The molecule has 2 aromatic carbocycles. The van der Waals surface area contributed by atoms with Gasteiger partial charge in [0, 0.05) is 26.2 Å². The summed E-state index contributed by atoms with van der Waals surface area (Å²) in [5, 5.41) is 5.70. The molecule has 180 valence electrons. The molecule has 8 nitrogen and oxygen atoms in total. The number of aryl methyl sites for hydroxylation is 2. The molecule has 2 aliphatic rings. The average molecular weight is 490 g/mol. The number of fused-ring (bicyclic) bond motifs is 2. The van der Waals surface area contributed by atoms with Gasteiger partial charge in [-0.15, -0.1) is 0 Å². The van der Waals surface area contributed by atoms with Crippen molar-refractivity contribution < 1.29 is 14.3 Å². The van der Waals surface area contributed by atoms with Gasteiger partial charge in [0.05, 0.1) is 16.1 Å². The van der Waals surface area contributed by atoms with Gasteiger partial charge < -0.3 is 19.3 Å². The molecule has 4 heterocycles. The highest BCUT2D eigenvalue weighted by atomic mass is 32.1. The Hall–Kier alpha value is -3.59. The van der Waals surface area contributed by atoms with Crippen molar-refractivity contribution >= 4 is 32.7 Å². The third-order valence-electron chi connectivity index (χ3n) is 6.52. The number of anilines is 1. The first kappa shape index (κ1) is 21.9. The third kappa shape index (κ3) is 4.10. The van der Waals surface area contributed by atoms with Crippen molar-refractivity contribution in [2.75, 3.05) is 37.7 Å². The highest BCUT2D eigenvalue weighted by molar-refractivity contribution is 7.22. The van der Waals surface area contributed by atoms with Crippen LogP contribution >= 0.6 is 11.3 Å². The van der Waals surface area contributed by atoms with E-state index in [1.54, 1.807) is 11.3 Å². The largest absolute Gasteiger partial charge is 0.485 e. The molecule has 0 saturated carbocycles. The Morgan fingerprint density at radius 2 is 1.80 bits per heavy atom. The summed E-state index contributed by atoms with van der Waals surface area (Å²) in [7, 11) is 0. The van der Waals surface area contributed by atoms with Crippen LogP contribution in [0.3, 0.4) is 0 Å². The van der Waals surface area contributed by atoms with Gasteiger partial charge in [-0.1, -0.05) is 41.2 Å². The lowest BCUT2D eigenvalue weighted by Gasteiger charge is -2.30. The first-order valence-electron chi connectivity index (χ1n) is 11.9. The van der Waals surface area contributed by atoms with Crippen LogP contribution in [0.2, 0.25) is 0 Å². The molecule has 0 bridgehead atoms. The maximum atomic E-state index is 13.2. The molecule has 1 amide bonds. The van der Waals surface area contributed by atoms with E-state index in [0.29, 0.717) is 24.6 Å². The number of thiazole rings is 1. The zero-order valence-corrected chi connectivity index (χ0v) is 20.6. The van der Waals surface area contributed by atoms with Crippen LogP contribution in [0.25, 0.3) is 16.0 Å². The van der Waals surface area contributed by atoms with E-state index in [9.17, 15) is 4.79 Å². The summed E-state index contributed by atoms with van der Waals surface area (Å²) in [4.78, 5) is 22.4. The quantitative estimate of drug-likeness (QED) is 0.434. The van der Waals surface area contributed by atoms with Gasteiger partial charge in [-0.3, -0.25) is 4.79 Å². The number of carbonyl (C=O) groups is 1. The van der Waals surface area contributed by atoms with Crippen LogP contribution in [0.1, 0.15) is 17.7 Å². The van der Waals surface area contributed by atoms with Gasteiger partial charge in [-0.25, -0.2) is 4.68 Å². The van der Waals surface area contributed by atoms with E-state index < -0.39 is 6.10 Å². The van der Waals surface area contributed by atoms with Crippen LogP contribution in [-0.2, 0) is 4.79 Å². The van der Waals surface area contributed by atoms with Crippen LogP contribution < -0.4 is 14.4 Å². The molecule has 0 spiro atoms. The summed E-state index contributed by atoms with van der Waals surface area (Å²) in [5.41, 5.74) is 4.08. The molecule has 4 aromatic rings. The second-order valence-electron chi connectivity index (χ2n) is 9.01. The van der Waals surface area contributed by atoms with Gasteiger partial charge in [0.1, 0.15) is 6.61 Å². The van der Waals surface area contributed by atoms with Gasteiger partial charge in [0.2, 0.25) is 6.10 Å². The van der Waals surface area contributed by atoms with Gasteiger partial charge in [0.25, 0.3) is 5.91 Å². The molecule has 9 heteroatoms. The number of rotatable bonds is 3. The molecule has 1 atom stereocenters. The molecule has 0 aliphatic carbocycles. The normalized spacial score (nSPS) is 18.1. The maximum absolute atomic E-state index is 13.2. The minimum atomic E-state index is -0.609. The highest BCUT2D eigenvalue weighted by Crippen LogP contribution is 2.34. The van der Waals surface area contributed by atoms with E-state index in [1.807, 2.05) is 40.8 Å². The topological polar surface area (TPSA) is 72.7 Å². The standard InChI is InChI=1S/C26H27N5O3S/c1-17-8-10-19(11-9-17)31-24-23(18(2)28-31)35-26(27-24)30-13-5-12-29(14-15-30)25(32)22-16-33-20-6-3-4-7-21(20)34-22/h3-4,6-11,22H,5,12-16H2,1-2H3/t22-/m0/s1. The maximum Gasteiger partial charge on any atom is 0.267 e. The summed E-state index contributed by atoms with van der Waals surface area (Å²) in [6.45, 7) is 7.24. The SMILES string of the molecule is Cc1ccc(-n2nc(C)c3sc(N4CCCN(C(=O)[C@@H]5COc6ccccc6O5)CC4)nc32)cc1. The van der Waals surface area contributed by atoms with E-state index in [1.165, 1.54) is 5.56 Å². The predicted molar refractivity (Wildman–Crippen MR) is 136 cm³/mol. The molecule has 1 saturated heterocycles. The van der Waals surface area contributed by atoms with Crippen molar-refractivity contribution in [1.82, 2.24) is 19.7 Å². The third-order valence-corrected chi connectivity index (χ3v) is 7.73. The lowest BCUT2D eigenvalue weighted by atomic mass is 10.2. The summed E-state index contributed by atoms with van der Waals surface area (Å²) in [6, 6.07) is 15.8. The van der Waals surface area contributed by atoms with Crippen LogP contribution in [-0.4, -0.2) is 64.5 Å². The zero-order valence-electron chi connectivity index (χ0n) is 19.8. The van der Waals surface area contributed by atoms with Crippen molar-refractivity contribution in [2.24, 2.45) is 0 Å². The van der Waals surface area contributed by atoms with E-state index in [-0.39, 0.29) is 12.5 Å². The van der Waals surface area contributed by atoms with E-state index in [0.717, 1.165) is 46.4 Å². The molecular weight excluding hydrogens is 462 g/mol. The molecule has 0 radical (unpaired) electrons. The van der Waals surface area contributed by atoms with E-state index in [4.69, 9.17) is 19.6 Å². The minimum Gasteiger partial charge on any atom is -0.485 e. The fraction of sp³-hybridized carbons (Fsp3) is 0.346. The molecule has 35 heavy (non-hydrogen) atoms. The summed E-state index contributed by atoms with van der Waals surface area (Å²) < 4.78 is 14.7. The Morgan fingerprint density at radius 1 is 1.00 bits per heavy atom. The second kappa shape index (κ2) is 8.88. The monoisotopic (exact) mass is 489 g/mol. The Labute approximate surface area is 207 Å². The Bertz CT molecular complexity index is 1380. The number of para-hydroxylation sites is 2. The molecule has 6 rings (SSSR count). The van der Waals surface area contributed by atoms with Gasteiger partial charge in [-0.2, -0.15) is 10.1 Å². The molecule has 2 aromatic heterocycles. The Balaban J connectivity index is 1.18.